The Bertz CT molecular complexity index is 457. The van der Waals surface area contributed by atoms with Gasteiger partial charge in [-0.25, -0.2) is 4.79 Å². The molecule has 0 bridgehead atoms. The van der Waals surface area contributed by atoms with Crippen LogP contribution in [0.2, 0.25) is 0 Å². The maximum atomic E-state index is 10.7. The molecule has 2 rings (SSSR count). The summed E-state index contributed by atoms with van der Waals surface area (Å²) in [6, 6.07) is 7.14. The Kier molecular flexibility index (Phi) is 5.23. The highest BCUT2D eigenvalue weighted by Gasteiger charge is 2.26. The first-order valence-corrected chi connectivity index (χ1v) is 7.66. The van der Waals surface area contributed by atoms with Crippen molar-refractivity contribution in [2.45, 2.75) is 45.6 Å². The molecule has 0 radical (unpaired) electrons. The van der Waals surface area contributed by atoms with Crippen LogP contribution in [0.25, 0.3) is 0 Å². The molecule has 1 saturated carbocycles. The van der Waals surface area contributed by atoms with Gasteiger partial charge in [-0.3, -0.25) is 0 Å². The van der Waals surface area contributed by atoms with Crippen LogP contribution in [-0.4, -0.2) is 30.3 Å². The van der Waals surface area contributed by atoms with Crippen LogP contribution in [0.15, 0.2) is 24.3 Å². The zero-order chi connectivity index (χ0) is 15.3. The van der Waals surface area contributed by atoms with Crippen LogP contribution in [-0.2, 0) is 0 Å². The van der Waals surface area contributed by atoms with E-state index in [0.717, 1.165) is 6.54 Å². The molecule has 4 nitrogen and oxygen atoms in total. The number of aromatic carboxylic acids is 1. The SMILES string of the molecule is CC1(C)CCC(NCCOc2ccc(C(=O)O)cc2)CC1. The Hall–Kier alpha value is -1.55. The minimum absolute atomic E-state index is 0.283. The smallest absolute Gasteiger partial charge is 0.335 e. The van der Waals surface area contributed by atoms with Crippen LogP contribution in [0.3, 0.4) is 0 Å². The van der Waals surface area contributed by atoms with Crippen molar-refractivity contribution in [2.75, 3.05) is 13.2 Å². The van der Waals surface area contributed by atoms with Crippen LogP contribution < -0.4 is 10.1 Å². The van der Waals surface area contributed by atoms with E-state index in [1.807, 2.05) is 0 Å². The Labute approximate surface area is 126 Å². The van der Waals surface area contributed by atoms with E-state index in [1.54, 1.807) is 24.3 Å². The van der Waals surface area contributed by atoms with E-state index in [-0.39, 0.29) is 5.56 Å². The van der Waals surface area contributed by atoms with Crippen molar-refractivity contribution in [3.8, 4) is 5.75 Å². The van der Waals surface area contributed by atoms with Gasteiger partial charge in [-0.15, -0.1) is 0 Å². The fourth-order valence-electron chi connectivity index (χ4n) is 2.73. The van der Waals surface area contributed by atoms with Crippen molar-refractivity contribution in [3.63, 3.8) is 0 Å². The van der Waals surface area contributed by atoms with Crippen molar-refractivity contribution in [3.05, 3.63) is 29.8 Å². The van der Waals surface area contributed by atoms with Gasteiger partial charge in [0.1, 0.15) is 12.4 Å². The van der Waals surface area contributed by atoms with E-state index in [0.29, 0.717) is 23.8 Å². The van der Waals surface area contributed by atoms with Gasteiger partial charge in [0.25, 0.3) is 0 Å². The molecule has 1 aliphatic rings. The van der Waals surface area contributed by atoms with Crippen LogP contribution >= 0.6 is 0 Å². The van der Waals surface area contributed by atoms with Crippen molar-refractivity contribution in [1.29, 1.82) is 0 Å². The highest BCUT2D eigenvalue weighted by molar-refractivity contribution is 5.87. The highest BCUT2D eigenvalue weighted by atomic mass is 16.5. The molecule has 0 saturated heterocycles. The number of nitrogens with one attached hydrogen (secondary N) is 1. The Morgan fingerprint density at radius 2 is 1.90 bits per heavy atom. The number of hydrogen-bond donors (Lipinski definition) is 2. The summed E-state index contributed by atoms with van der Waals surface area (Å²) in [6.07, 6.45) is 5.03. The molecule has 0 amide bonds. The normalized spacial score (nSPS) is 18.4. The molecule has 2 N–H and O–H groups in total. The number of hydrogen-bond acceptors (Lipinski definition) is 3. The topological polar surface area (TPSA) is 58.6 Å². The molecule has 1 aromatic carbocycles. The molecule has 1 aliphatic carbocycles. The number of ether oxygens (including phenoxy) is 1. The van der Waals surface area contributed by atoms with Gasteiger partial charge in [0.2, 0.25) is 0 Å². The quantitative estimate of drug-likeness (QED) is 0.789. The molecule has 4 heteroatoms. The number of carbonyl (C=O) groups is 1. The average Bonchev–Trinajstić information content (AvgIpc) is 2.45. The fourth-order valence-corrected chi connectivity index (χ4v) is 2.73. The molecule has 0 spiro atoms. The third kappa shape index (κ3) is 5.05. The van der Waals surface area contributed by atoms with E-state index in [9.17, 15) is 4.79 Å². The van der Waals surface area contributed by atoms with E-state index in [2.05, 4.69) is 19.2 Å². The van der Waals surface area contributed by atoms with Crippen molar-refractivity contribution in [1.82, 2.24) is 5.32 Å². The average molecular weight is 291 g/mol. The van der Waals surface area contributed by atoms with Crippen LogP contribution in [0.1, 0.15) is 49.9 Å². The lowest BCUT2D eigenvalue weighted by Gasteiger charge is -2.34. The number of benzene rings is 1. The van der Waals surface area contributed by atoms with Crippen molar-refractivity contribution >= 4 is 5.97 Å². The summed E-state index contributed by atoms with van der Waals surface area (Å²) in [6.45, 7) is 6.11. The van der Waals surface area contributed by atoms with Crippen LogP contribution in [0, 0.1) is 5.41 Å². The molecule has 0 aromatic heterocycles. The summed E-state index contributed by atoms with van der Waals surface area (Å²) in [7, 11) is 0. The molecular weight excluding hydrogens is 266 g/mol. The maximum Gasteiger partial charge on any atom is 0.335 e. The predicted molar refractivity (Wildman–Crippen MR) is 82.9 cm³/mol. The van der Waals surface area contributed by atoms with Gasteiger partial charge in [0, 0.05) is 12.6 Å². The zero-order valence-electron chi connectivity index (χ0n) is 12.9. The highest BCUT2D eigenvalue weighted by Crippen LogP contribution is 2.34. The Morgan fingerprint density at radius 1 is 1.29 bits per heavy atom. The molecule has 1 aromatic rings. The van der Waals surface area contributed by atoms with Gasteiger partial charge in [-0.05, 0) is 55.4 Å². The summed E-state index contributed by atoms with van der Waals surface area (Å²) in [5, 5.41) is 12.4. The first kappa shape index (κ1) is 15.8. The third-order valence-electron chi connectivity index (χ3n) is 4.24. The molecular formula is C17H25NO3. The molecule has 0 heterocycles. The third-order valence-corrected chi connectivity index (χ3v) is 4.24. The van der Waals surface area contributed by atoms with E-state index in [1.165, 1.54) is 25.7 Å². The van der Waals surface area contributed by atoms with Crippen LogP contribution in [0.4, 0.5) is 0 Å². The van der Waals surface area contributed by atoms with Gasteiger partial charge in [-0.2, -0.15) is 0 Å². The lowest BCUT2D eigenvalue weighted by Crippen LogP contribution is -2.37. The summed E-state index contributed by atoms with van der Waals surface area (Å²) in [5.41, 5.74) is 0.783. The van der Waals surface area contributed by atoms with E-state index >= 15 is 0 Å². The molecule has 0 atom stereocenters. The molecule has 0 aliphatic heterocycles. The summed E-state index contributed by atoms with van der Waals surface area (Å²) >= 11 is 0. The minimum atomic E-state index is -0.913. The summed E-state index contributed by atoms with van der Waals surface area (Å²) in [5.74, 6) is -0.199. The second kappa shape index (κ2) is 6.94. The monoisotopic (exact) mass is 291 g/mol. The van der Waals surface area contributed by atoms with Gasteiger partial charge in [0.15, 0.2) is 0 Å². The lowest BCUT2D eigenvalue weighted by molar-refractivity contribution is 0.0697. The van der Waals surface area contributed by atoms with E-state index < -0.39 is 5.97 Å². The Morgan fingerprint density at radius 3 is 2.48 bits per heavy atom. The lowest BCUT2D eigenvalue weighted by atomic mass is 9.75. The molecule has 1 fully saturated rings. The summed E-state index contributed by atoms with van der Waals surface area (Å²) in [4.78, 5) is 10.7. The predicted octanol–water partition coefficient (Wildman–Crippen LogP) is 3.32. The maximum absolute atomic E-state index is 10.7. The minimum Gasteiger partial charge on any atom is -0.492 e. The molecule has 21 heavy (non-hydrogen) atoms. The first-order chi connectivity index (χ1) is 9.96. The second-order valence-corrected chi connectivity index (χ2v) is 6.57. The van der Waals surface area contributed by atoms with Crippen LogP contribution in [0.5, 0.6) is 5.75 Å². The first-order valence-electron chi connectivity index (χ1n) is 7.66. The fraction of sp³-hybridized carbons (Fsp3) is 0.588. The molecule has 116 valence electrons. The standard InChI is InChI=1S/C17H25NO3/c1-17(2)9-7-14(8-10-17)18-11-12-21-15-5-3-13(4-6-15)16(19)20/h3-6,14,18H,7-12H2,1-2H3,(H,19,20). The Balaban J connectivity index is 1.65. The zero-order valence-corrected chi connectivity index (χ0v) is 12.9. The number of rotatable bonds is 6. The van der Waals surface area contributed by atoms with Gasteiger partial charge in [0.05, 0.1) is 5.56 Å². The number of carboxylic acids is 1. The molecule has 0 unspecified atom stereocenters. The van der Waals surface area contributed by atoms with E-state index in [4.69, 9.17) is 9.84 Å². The van der Waals surface area contributed by atoms with Gasteiger partial charge >= 0.3 is 5.97 Å². The van der Waals surface area contributed by atoms with Gasteiger partial charge in [-0.1, -0.05) is 13.8 Å². The van der Waals surface area contributed by atoms with Crippen molar-refractivity contribution < 1.29 is 14.6 Å². The largest absolute Gasteiger partial charge is 0.492 e. The second-order valence-electron chi connectivity index (χ2n) is 6.57. The van der Waals surface area contributed by atoms with Gasteiger partial charge < -0.3 is 15.2 Å². The number of carboxylic acid groups (broad SMARTS) is 1. The summed E-state index contributed by atoms with van der Waals surface area (Å²) < 4.78 is 5.62. The van der Waals surface area contributed by atoms with Crippen molar-refractivity contribution in [2.24, 2.45) is 5.41 Å².